The molecule has 0 rings (SSSR count). The first kappa shape index (κ1) is 10.2. The van der Waals surface area contributed by atoms with Gasteiger partial charge in [-0.1, -0.05) is 6.08 Å². The van der Waals surface area contributed by atoms with Crippen molar-refractivity contribution in [3.05, 3.63) is 12.7 Å². The molecule has 0 spiro atoms. The quantitative estimate of drug-likeness (QED) is 0.450. The highest BCUT2D eigenvalue weighted by molar-refractivity contribution is 5.66. The van der Waals surface area contributed by atoms with E-state index in [9.17, 15) is 4.79 Å². The first-order valence-corrected chi connectivity index (χ1v) is 3.69. The smallest absolute Gasteiger partial charge is 0.303 e. The minimum Gasteiger partial charge on any atom is -0.481 e. The Bertz CT molecular complexity index is 131. The monoisotopic (exact) mass is 158 g/mol. The molecule has 11 heavy (non-hydrogen) atoms. The Hall–Kier alpha value is -0.830. The van der Waals surface area contributed by atoms with Crippen LogP contribution in [0.3, 0.4) is 0 Å². The third kappa shape index (κ3) is 7.06. The molecule has 0 heterocycles. The standard InChI is InChI=1S/C8H14O3/c1-2-7(9)5-3-4-6-8(10)11/h2,7,9H,1,3-6H2,(H,10,11). The number of unbranched alkanes of at least 4 members (excludes halogenated alkanes) is 1. The summed E-state index contributed by atoms with van der Waals surface area (Å²) in [6.45, 7) is 3.41. The zero-order valence-corrected chi connectivity index (χ0v) is 6.49. The molecule has 0 aliphatic heterocycles. The Balaban J connectivity index is 3.14. The molecule has 0 aliphatic rings. The Morgan fingerprint density at radius 3 is 2.64 bits per heavy atom. The van der Waals surface area contributed by atoms with Gasteiger partial charge in [0.2, 0.25) is 0 Å². The van der Waals surface area contributed by atoms with Crippen LogP contribution in [0, 0.1) is 0 Å². The van der Waals surface area contributed by atoms with Gasteiger partial charge in [-0.15, -0.1) is 6.58 Å². The van der Waals surface area contributed by atoms with Crippen LogP contribution >= 0.6 is 0 Å². The molecule has 0 aromatic heterocycles. The molecule has 0 saturated carbocycles. The Morgan fingerprint density at radius 1 is 1.55 bits per heavy atom. The van der Waals surface area contributed by atoms with E-state index in [-0.39, 0.29) is 6.42 Å². The van der Waals surface area contributed by atoms with E-state index >= 15 is 0 Å². The summed E-state index contributed by atoms with van der Waals surface area (Å²) < 4.78 is 0. The van der Waals surface area contributed by atoms with Crippen molar-refractivity contribution < 1.29 is 15.0 Å². The van der Waals surface area contributed by atoms with Gasteiger partial charge in [0.05, 0.1) is 6.10 Å². The van der Waals surface area contributed by atoms with Gasteiger partial charge in [-0.2, -0.15) is 0 Å². The molecule has 0 aromatic carbocycles. The van der Waals surface area contributed by atoms with E-state index in [4.69, 9.17) is 10.2 Å². The SMILES string of the molecule is C=CC(O)CCCCC(=O)O. The maximum absolute atomic E-state index is 10.0. The molecule has 0 saturated heterocycles. The summed E-state index contributed by atoms with van der Waals surface area (Å²) in [6.07, 6.45) is 3.13. The van der Waals surface area contributed by atoms with Gasteiger partial charge in [-0.05, 0) is 19.3 Å². The Morgan fingerprint density at radius 2 is 2.18 bits per heavy atom. The van der Waals surface area contributed by atoms with Crippen LogP contribution in [0.15, 0.2) is 12.7 Å². The summed E-state index contributed by atoms with van der Waals surface area (Å²) in [5.41, 5.74) is 0. The normalized spacial score (nSPS) is 12.5. The lowest BCUT2D eigenvalue weighted by molar-refractivity contribution is -0.137. The lowest BCUT2D eigenvalue weighted by atomic mass is 10.1. The van der Waals surface area contributed by atoms with E-state index in [1.54, 1.807) is 0 Å². The zero-order valence-electron chi connectivity index (χ0n) is 6.49. The maximum atomic E-state index is 10.0. The number of hydrogen-bond donors (Lipinski definition) is 2. The fourth-order valence-corrected chi connectivity index (χ4v) is 0.748. The number of rotatable bonds is 6. The van der Waals surface area contributed by atoms with E-state index in [1.165, 1.54) is 6.08 Å². The van der Waals surface area contributed by atoms with Crippen LogP contribution in [0.4, 0.5) is 0 Å². The average Bonchev–Trinajstić information content (AvgIpc) is 1.97. The van der Waals surface area contributed by atoms with Gasteiger partial charge in [0.25, 0.3) is 0 Å². The fraction of sp³-hybridized carbons (Fsp3) is 0.625. The predicted octanol–water partition coefficient (Wildman–Crippen LogP) is 1.18. The van der Waals surface area contributed by atoms with Crippen molar-refractivity contribution in [3.63, 3.8) is 0 Å². The molecule has 0 radical (unpaired) electrons. The molecular weight excluding hydrogens is 144 g/mol. The highest BCUT2D eigenvalue weighted by Gasteiger charge is 1.99. The maximum Gasteiger partial charge on any atom is 0.303 e. The molecule has 1 unspecified atom stereocenters. The summed E-state index contributed by atoms with van der Waals surface area (Å²) in [7, 11) is 0. The molecular formula is C8H14O3. The molecule has 2 N–H and O–H groups in total. The highest BCUT2D eigenvalue weighted by Crippen LogP contribution is 2.03. The van der Waals surface area contributed by atoms with Crippen molar-refractivity contribution in [2.45, 2.75) is 31.8 Å². The van der Waals surface area contributed by atoms with Crippen molar-refractivity contribution in [2.24, 2.45) is 0 Å². The number of aliphatic hydroxyl groups is 1. The van der Waals surface area contributed by atoms with E-state index in [2.05, 4.69) is 6.58 Å². The van der Waals surface area contributed by atoms with Gasteiger partial charge in [0.15, 0.2) is 0 Å². The summed E-state index contributed by atoms with van der Waals surface area (Å²) in [5, 5.41) is 17.2. The van der Waals surface area contributed by atoms with Crippen molar-refractivity contribution >= 4 is 5.97 Å². The minimum atomic E-state index is -0.780. The van der Waals surface area contributed by atoms with Crippen LogP contribution in [0.1, 0.15) is 25.7 Å². The number of aliphatic carboxylic acids is 1. The molecule has 0 fully saturated rings. The van der Waals surface area contributed by atoms with E-state index in [1.807, 2.05) is 0 Å². The van der Waals surface area contributed by atoms with Crippen molar-refractivity contribution in [1.82, 2.24) is 0 Å². The van der Waals surface area contributed by atoms with E-state index in [0.29, 0.717) is 12.8 Å². The lowest BCUT2D eigenvalue weighted by Crippen LogP contribution is -2.01. The molecule has 3 nitrogen and oxygen atoms in total. The summed E-state index contributed by atoms with van der Waals surface area (Å²) >= 11 is 0. The molecule has 3 heteroatoms. The van der Waals surface area contributed by atoms with Crippen molar-refractivity contribution in [1.29, 1.82) is 0 Å². The molecule has 64 valence electrons. The largest absolute Gasteiger partial charge is 0.481 e. The topological polar surface area (TPSA) is 57.5 Å². The summed E-state index contributed by atoms with van der Waals surface area (Å²) in [4.78, 5) is 10.0. The van der Waals surface area contributed by atoms with Crippen LogP contribution < -0.4 is 0 Å². The van der Waals surface area contributed by atoms with Gasteiger partial charge in [0.1, 0.15) is 0 Å². The van der Waals surface area contributed by atoms with Crippen LogP contribution in [0.2, 0.25) is 0 Å². The number of carbonyl (C=O) groups is 1. The lowest BCUT2D eigenvalue weighted by Gasteiger charge is -2.02. The van der Waals surface area contributed by atoms with E-state index < -0.39 is 12.1 Å². The van der Waals surface area contributed by atoms with Gasteiger partial charge in [-0.25, -0.2) is 0 Å². The third-order valence-electron chi connectivity index (χ3n) is 1.41. The minimum absolute atomic E-state index is 0.184. The summed E-state index contributed by atoms with van der Waals surface area (Å²) in [5.74, 6) is -0.780. The number of carboxylic acid groups (broad SMARTS) is 1. The molecule has 0 bridgehead atoms. The zero-order chi connectivity index (χ0) is 8.69. The van der Waals surface area contributed by atoms with Gasteiger partial charge in [0, 0.05) is 6.42 Å². The second kappa shape index (κ2) is 5.92. The first-order chi connectivity index (χ1) is 5.16. The van der Waals surface area contributed by atoms with Crippen LogP contribution in [-0.2, 0) is 4.79 Å². The van der Waals surface area contributed by atoms with Crippen LogP contribution in [0.25, 0.3) is 0 Å². The average molecular weight is 158 g/mol. The number of aliphatic hydroxyl groups excluding tert-OH is 1. The number of hydrogen-bond acceptors (Lipinski definition) is 2. The predicted molar refractivity (Wildman–Crippen MR) is 42.3 cm³/mol. The van der Waals surface area contributed by atoms with Crippen LogP contribution in [-0.4, -0.2) is 22.3 Å². The van der Waals surface area contributed by atoms with Gasteiger partial charge in [-0.3, -0.25) is 4.79 Å². The number of carboxylic acids is 1. The fourth-order valence-electron chi connectivity index (χ4n) is 0.748. The Labute approximate surface area is 66.4 Å². The van der Waals surface area contributed by atoms with Crippen molar-refractivity contribution in [3.8, 4) is 0 Å². The molecule has 1 atom stereocenters. The van der Waals surface area contributed by atoms with E-state index in [0.717, 1.165) is 6.42 Å². The second-order valence-electron chi connectivity index (χ2n) is 2.44. The summed E-state index contributed by atoms with van der Waals surface area (Å²) in [6, 6.07) is 0. The molecule has 0 amide bonds. The Kier molecular flexibility index (Phi) is 5.47. The third-order valence-corrected chi connectivity index (χ3v) is 1.41. The van der Waals surface area contributed by atoms with Crippen molar-refractivity contribution in [2.75, 3.05) is 0 Å². The molecule has 0 aliphatic carbocycles. The second-order valence-corrected chi connectivity index (χ2v) is 2.44. The highest BCUT2D eigenvalue weighted by atomic mass is 16.4. The first-order valence-electron chi connectivity index (χ1n) is 3.69. The van der Waals surface area contributed by atoms with Gasteiger partial charge < -0.3 is 10.2 Å². The van der Waals surface area contributed by atoms with Crippen LogP contribution in [0.5, 0.6) is 0 Å². The van der Waals surface area contributed by atoms with Gasteiger partial charge >= 0.3 is 5.97 Å². The molecule has 0 aromatic rings.